The van der Waals surface area contributed by atoms with Gasteiger partial charge in [-0.1, -0.05) is 19.8 Å². The van der Waals surface area contributed by atoms with Crippen LogP contribution in [0.3, 0.4) is 0 Å². The number of aliphatic hydroxyl groups is 1. The van der Waals surface area contributed by atoms with E-state index in [1.54, 1.807) is 0 Å². The van der Waals surface area contributed by atoms with E-state index in [1.165, 1.54) is 0 Å². The van der Waals surface area contributed by atoms with Crippen LogP contribution >= 0.6 is 0 Å². The highest BCUT2D eigenvalue weighted by Crippen LogP contribution is 2.16. The first-order chi connectivity index (χ1) is 5.70. The second kappa shape index (κ2) is 7.10. The molecule has 0 spiro atoms. The number of carboxylic acid groups (broad SMARTS) is 1. The van der Waals surface area contributed by atoms with E-state index in [0.29, 0.717) is 6.42 Å². The highest BCUT2D eigenvalue weighted by molar-refractivity contribution is 5.66. The molecule has 12 heavy (non-hydrogen) atoms. The highest BCUT2D eigenvalue weighted by atomic mass is 16.4. The molecule has 0 aliphatic carbocycles. The molecule has 1 atom stereocenters. The summed E-state index contributed by atoms with van der Waals surface area (Å²) in [6, 6.07) is 0. The Kier molecular flexibility index (Phi) is 6.76. The first-order valence-electron chi connectivity index (χ1n) is 4.53. The summed E-state index contributed by atoms with van der Waals surface area (Å²) in [6.45, 7) is 2.18. The topological polar surface area (TPSA) is 57.5 Å². The predicted octanol–water partition coefficient (Wildman–Crippen LogP) is 1.65. The smallest absolute Gasteiger partial charge is 0.303 e. The third-order valence-corrected chi connectivity index (χ3v) is 1.97. The molecular formula is C9H18O3. The van der Waals surface area contributed by atoms with Crippen molar-refractivity contribution >= 4 is 5.97 Å². The van der Waals surface area contributed by atoms with Crippen LogP contribution in [-0.4, -0.2) is 22.8 Å². The Morgan fingerprint density at radius 3 is 2.50 bits per heavy atom. The van der Waals surface area contributed by atoms with Gasteiger partial charge in [0.2, 0.25) is 0 Å². The standard InChI is InChI=1S/C9H18O3/c1-2-3-4-8(5-6-10)7-9(11)12/h8,10H,2-7H2,1H3,(H,11,12). The van der Waals surface area contributed by atoms with Crippen LogP contribution in [0, 0.1) is 5.92 Å². The molecule has 3 heteroatoms. The zero-order valence-electron chi connectivity index (χ0n) is 7.62. The van der Waals surface area contributed by atoms with Crippen LogP contribution in [0.2, 0.25) is 0 Å². The molecule has 0 fully saturated rings. The fourth-order valence-corrected chi connectivity index (χ4v) is 1.27. The minimum atomic E-state index is -0.760. The van der Waals surface area contributed by atoms with Crippen molar-refractivity contribution in [1.82, 2.24) is 0 Å². The number of carbonyl (C=O) groups is 1. The summed E-state index contributed by atoms with van der Waals surface area (Å²) in [5.41, 5.74) is 0. The van der Waals surface area contributed by atoms with E-state index in [0.717, 1.165) is 19.3 Å². The average molecular weight is 174 g/mol. The van der Waals surface area contributed by atoms with Gasteiger partial charge in [-0.25, -0.2) is 0 Å². The van der Waals surface area contributed by atoms with Crippen LogP contribution in [-0.2, 0) is 4.79 Å². The largest absolute Gasteiger partial charge is 0.481 e. The number of hydrogen-bond donors (Lipinski definition) is 2. The van der Waals surface area contributed by atoms with Gasteiger partial charge in [0.25, 0.3) is 0 Å². The van der Waals surface area contributed by atoms with Crippen molar-refractivity contribution in [3.05, 3.63) is 0 Å². The number of hydrogen-bond acceptors (Lipinski definition) is 2. The SMILES string of the molecule is CCCCC(CCO)CC(=O)O. The summed E-state index contributed by atoms with van der Waals surface area (Å²) in [6.07, 6.45) is 3.87. The fourth-order valence-electron chi connectivity index (χ4n) is 1.27. The Morgan fingerprint density at radius 1 is 1.42 bits per heavy atom. The lowest BCUT2D eigenvalue weighted by Crippen LogP contribution is -2.09. The molecule has 1 unspecified atom stereocenters. The molecule has 0 amide bonds. The lowest BCUT2D eigenvalue weighted by molar-refractivity contribution is -0.138. The predicted molar refractivity (Wildman–Crippen MR) is 47.0 cm³/mol. The number of aliphatic carboxylic acids is 1. The van der Waals surface area contributed by atoms with Crippen molar-refractivity contribution in [2.24, 2.45) is 5.92 Å². The lowest BCUT2D eigenvalue weighted by atomic mass is 9.95. The van der Waals surface area contributed by atoms with Crippen molar-refractivity contribution in [3.8, 4) is 0 Å². The van der Waals surface area contributed by atoms with Crippen LogP contribution in [0.5, 0.6) is 0 Å². The Morgan fingerprint density at radius 2 is 2.08 bits per heavy atom. The molecule has 72 valence electrons. The molecule has 0 radical (unpaired) electrons. The first-order valence-corrected chi connectivity index (χ1v) is 4.53. The van der Waals surface area contributed by atoms with Gasteiger partial charge >= 0.3 is 5.97 Å². The normalized spacial score (nSPS) is 12.8. The second-order valence-corrected chi connectivity index (χ2v) is 3.12. The van der Waals surface area contributed by atoms with Gasteiger partial charge in [0.05, 0.1) is 0 Å². The van der Waals surface area contributed by atoms with E-state index >= 15 is 0 Å². The Hall–Kier alpha value is -0.570. The second-order valence-electron chi connectivity index (χ2n) is 3.12. The van der Waals surface area contributed by atoms with Crippen molar-refractivity contribution in [1.29, 1.82) is 0 Å². The number of rotatable bonds is 7. The van der Waals surface area contributed by atoms with E-state index in [2.05, 4.69) is 6.92 Å². The van der Waals surface area contributed by atoms with Crippen molar-refractivity contribution in [2.75, 3.05) is 6.61 Å². The number of carboxylic acids is 1. The van der Waals surface area contributed by atoms with Crippen molar-refractivity contribution in [2.45, 2.75) is 39.0 Å². The van der Waals surface area contributed by atoms with Gasteiger partial charge in [0.1, 0.15) is 0 Å². The molecule has 0 bridgehead atoms. The molecule has 0 heterocycles. The van der Waals surface area contributed by atoms with Gasteiger partial charge in [-0.2, -0.15) is 0 Å². The molecule has 0 rings (SSSR count). The average Bonchev–Trinajstić information content (AvgIpc) is 2.00. The summed E-state index contributed by atoms with van der Waals surface area (Å²) in [7, 11) is 0. The van der Waals surface area contributed by atoms with E-state index < -0.39 is 5.97 Å². The molecule has 0 aliphatic rings. The van der Waals surface area contributed by atoms with Crippen molar-refractivity contribution in [3.63, 3.8) is 0 Å². The van der Waals surface area contributed by atoms with Gasteiger partial charge < -0.3 is 10.2 Å². The summed E-state index contributed by atoms with van der Waals surface area (Å²) < 4.78 is 0. The van der Waals surface area contributed by atoms with Gasteiger partial charge in [-0.05, 0) is 18.8 Å². The third-order valence-electron chi connectivity index (χ3n) is 1.97. The van der Waals surface area contributed by atoms with Crippen LogP contribution in [0.15, 0.2) is 0 Å². The summed E-state index contributed by atoms with van der Waals surface area (Å²) in [4.78, 5) is 10.4. The Balaban J connectivity index is 3.61. The molecule has 0 saturated carbocycles. The molecular weight excluding hydrogens is 156 g/mol. The molecule has 0 saturated heterocycles. The fraction of sp³-hybridized carbons (Fsp3) is 0.889. The van der Waals surface area contributed by atoms with Crippen LogP contribution in [0.4, 0.5) is 0 Å². The molecule has 2 N–H and O–H groups in total. The maximum absolute atomic E-state index is 10.4. The molecule has 0 aromatic carbocycles. The zero-order valence-corrected chi connectivity index (χ0v) is 7.62. The highest BCUT2D eigenvalue weighted by Gasteiger charge is 2.11. The van der Waals surface area contributed by atoms with Gasteiger partial charge in [-0.3, -0.25) is 4.79 Å². The van der Waals surface area contributed by atoms with Crippen LogP contribution in [0.25, 0.3) is 0 Å². The minimum absolute atomic E-state index is 0.0989. The van der Waals surface area contributed by atoms with Crippen molar-refractivity contribution < 1.29 is 15.0 Å². The third kappa shape index (κ3) is 6.16. The molecule has 0 aromatic rings. The molecule has 3 nitrogen and oxygen atoms in total. The number of unbranched alkanes of at least 4 members (excludes halogenated alkanes) is 1. The van der Waals surface area contributed by atoms with E-state index in [9.17, 15) is 4.79 Å². The van der Waals surface area contributed by atoms with E-state index in [4.69, 9.17) is 10.2 Å². The molecule has 0 aliphatic heterocycles. The van der Waals surface area contributed by atoms with E-state index in [1.807, 2.05) is 0 Å². The van der Waals surface area contributed by atoms with Gasteiger partial charge in [0.15, 0.2) is 0 Å². The van der Waals surface area contributed by atoms with E-state index in [-0.39, 0.29) is 18.9 Å². The zero-order chi connectivity index (χ0) is 9.40. The summed E-state index contributed by atoms with van der Waals surface area (Å²) >= 11 is 0. The Bertz CT molecular complexity index is 123. The van der Waals surface area contributed by atoms with Crippen LogP contribution < -0.4 is 0 Å². The Labute approximate surface area is 73.4 Å². The minimum Gasteiger partial charge on any atom is -0.481 e. The van der Waals surface area contributed by atoms with Crippen LogP contribution in [0.1, 0.15) is 39.0 Å². The maximum Gasteiger partial charge on any atom is 0.303 e. The maximum atomic E-state index is 10.4. The van der Waals surface area contributed by atoms with Gasteiger partial charge in [0, 0.05) is 13.0 Å². The lowest BCUT2D eigenvalue weighted by Gasteiger charge is -2.11. The monoisotopic (exact) mass is 174 g/mol. The first kappa shape index (κ1) is 11.4. The summed E-state index contributed by atoms with van der Waals surface area (Å²) in [5.74, 6) is -0.600. The quantitative estimate of drug-likeness (QED) is 0.617. The molecule has 0 aromatic heterocycles. The van der Waals surface area contributed by atoms with Gasteiger partial charge in [-0.15, -0.1) is 0 Å². The number of aliphatic hydroxyl groups excluding tert-OH is 1. The summed E-state index contributed by atoms with van der Waals surface area (Å²) in [5, 5.41) is 17.2.